The maximum Gasteiger partial charge on any atom is 0.238 e. The van der Waals surface area contributed by atoms with E-state index in [0.29, 0.717) is 12.1 Å². The fourth-order valence-electron chi connectivity index (χ4n) is 3.20. The molecule has 1 aromatic rings. The first kappa shape index (κ1) is 12.9. The highest BCUT2D eigenvalue weighted by Crippen LogP contribution is 2.42. The van der Waals surface area contributed by atoms with Crippen LogP contribution in [0.25, 0.3) is 0 Å². The van der Waals surface area contributed by atoms with Crippen molar-refractivity contribution in [2.45, 2.75) is 20.3 Å². The van der Waals surface area contributed by atoms with E-state index in [1.54, 1.807) is 12.1 Å². The van der Waals surface area contributed by atoms with Gasteiger partial charge in [-0.25, -0.2) is 4.90 Å². The van der Waals surface area contributed by atoms with Crippen LogP contribution in [0, 0.1) is 24.7 Å². The van der Waals surface area contributed by atoms with Crippen molar-refractivity contribution in [3.8, 4) is 5.75 Å². The molecule has 0 bridgehead atoms. The lowest BCUT2D eigenvalue weighted by atomic mass is 9.78. The van der Waals surface area contributed by atoms with Crippen molar-refractivity contribution in [3.63, 3.8) is 0 Å². The first-order valence-corrected chi connectivity index (χ1v) is 6.85. The maximum atomic E-state index is 12.6. The van der Waals surface area contributed by atoms with Gasteiger partial charge in [0.2, 0.25) is 11.8 Å². The summed E-state index contributed by atoms with van der Waals surface area (Å²) < 4.78 is 0. The Labute approximate surface area is 117 Å². The number of amides is 2. The molecule has 3 atom stereocenters. The van der Waals surface area contributed by atoms with Crippen molar-refractivity contribution in [2.24, 2.45) is 17.8 Å². The normalized spacial score (nSPS) is 28.9. The van der Waals surface area contributed by atoms with E-state index in [9.17, 15) is 14.7 Å². The highest BCUT2D eigenvalue weighted by Gasteiger charge is 2.50. The van der Waals surface area contributed by atoms with Gasteiger partial charge in [0.1, 0.15) is 5.75 Å². The van der Waals surface area contributed by atoms with Crippen LogP contribution in [0.5, 0.6) is 5.75 Å². The van der Waals surface area contributed by atoms with Crippen LogP contribution in [-0.2, 0) is 9.59 Å². The SMILES string of the molecule is Cc1ccc(O)c(N2C(=O)[C@@H]3[C@H](CC=C[C@@H]3C)C2=O)c1. The summed E-state index contributed by atoms with van der Waals surface area (Å²) in [5.74, 6) is -0.955. The van der Waals surface area contributed by atoms with Crippen molar-refractivity contribution in [2.75, 3.05) is 4.90 Å². The second kappa shape index (κ2) is 4.47. The summed E-state index contributed by atoms with van der Waals surface area (Å²) in [5, 5.41) is 9.97. The minimum Gasteiger partial charge on any atom is -0.506 e. The minimum absolute atomic E-state index is 0.0310. The Kier molecular flexibility index (Phi) is 2.89. The molecule has 0 saturated carbocycles. The number of imide groups is 1. The highest BCUT2D eigenvalue weighted by molar-refractivity contribution is 6.23. The Bertz CT molecular complexity index is 620. The van der Waals surface area contributed by atoms with Crippen molar-refractivity contribution >= 4 is 17.5 Å². The molecule has 4 nitrogen and oxygen atoms in total. The third kappa shape index (κ3) is 1.75. The molecule has 2 amide bonds. The number of nitrogens with zero attached hydrogens (tertiary/aromatic N) is 1. The lowest BCUT2D eigenvalue weighted by Gasteiger charge is -2.22. The topological polar surface area (TPSA) is 57.6 Å². The molecule has 0 aromatic heterocycles. The lowest BCUT2D eigenvalue weighted by molar-refractivity contribution is -0.122. The molecule has 0 unspecified atom stereocenters. The number of rotatable bonds is 1. The van der Waals surface area contributed by atoms with Crippen LogP contribution >= 0.6 is 0 Å². The Hall–Kier alpha value is -2.10. The van der Waals surface area contributed by atoms with Gasteiger partial charge in [-0.2, -0.15) is 0 Å². The molecule has 0 spiro atoms. The second-order valence-corrected chi connectivity index (χ2v) is 5.66. The van der Waals surface area contributed by atoms with Gasteiger partial charge in [-0.05, 0) is 37.0 Å². The van der Waals surface area contributed by atoms with E-state index in [1.165, 1.54) is 11.0 Å². The van der Waals surface area contributed by atoms with Crippen LogP contribution in [0.3, 0.4) is 0 Å². The molecule has 2 aliphatic rings. The van der Waals surface area contributed by atoms with Gasteiger partial charge in [-0.3, -0.25) is 9.59 Å². The van der Waals surface area contributed by atoms with E-state index in [0.717, 1.165) is 5.56 Å². The lowest BCUT2D eigenvalue weighted by Crippen LogP contribution is -2.31. The monoisotopic (exact) mass is 271 g/mol. The summed E-state index contributed by atoms with van der Waals surface area (Å²) >= 11 is 0. The van der Waals surface area contributed by atoms with E-state index in [4.69, 9.17) is 0 Å². The van der Waals surface area contributed by atoms with E-state index in [1.807, 2.05) is 26.0 Å². The number of hydrogen-bond donors (Lipinski definition) is 1. The van der Waals surface area contributed by atoms with Crippen LogP contribution in [0.15, 0.2) is 30.4 Å². The van der Waals surface area contributed by atoms with Crippen molar-refractivity contribution in [3.05, 3.63) is 35.9 Å². The molecule has 1 heterocycles. The van der Waals surface area contributed by atoms with Crippen molar-refractivity contribution in [1.82, 2.24) is 0 Å². The van der Waals surface area contributed by atoms with Gasteiger partial charge in [0.25, 0.3) is 0 Å². The molecule has 1 N–H and O–H groups in total. The second-order valence-electron chi connectivity index (χ2n) is 5.66. The molecular formula is C16H17NO3. The molecule has 1 saturated heterocycles. The maximum absolute atomic E-state index is 12.6. The van der Waals surface area contributed by atoms with Gasteiger partial charge in [0, 0.05) is 0 Å². The molecule has 3 rings (SSSR count). The summed E-state index contributed by atoms with van der Waals surface area (Å²) in [4.78, 5) is 26.3. The Morgan fingerprint density at radius 1 is 1.25 bits per heavy atom. The van der Waals surface area contributed by atoms with E-state index >= 15 is 0 Å². The molecule has 20 heavy (non-hydrogen) atoms. The minimum atomic E-state index is -0.299. The summed E-state index contributed by atoms with van der Waals surface area (Å²) in [6.07, 6.45) is 4.56. The summed E-state index contributed by atoms with van der Waals surface area (Å²) in [7, 11) is 0. The average molecular weight is 271 g/mol. The number of carbonyl (C=O) groups is 2. The summed E-state index contributed by atoms with van der Waals surface area (Å²) in [6.45, 7) is 3.82. The number of carbonyl (C=O) groups excluding carboxylic acids is 2. The van der Waals surface area contributed by atoms with Crippen LogP contribution in [0.4, 0.5) is 5.69 Å². The zero-order valence-electron chi connectivity index (χ0n) is 11.5. The Morgan fingerprint density at radius 3 is 2.70 bits per heavy atom. The zero-order chi connectivity index (χ0) is 14.4. The largest absolute Gasteiger partial charge is 0.506 e. The predicted molar refractivity (Wildman–Crippen MR) is 75.2 cm³/mol. The van der Waals surface area contributed by atoms with Crippen molar-refractivity contribution < 1.29 is 14.7 Å². The summed E-state index contributed by atoms with van der Waals surface area (Å²) in [6, 6.07) is 4.95. The van der Waals surface area contributed by atoms with Gasteiger partial charge >= 0.3 is 0 Å². The third-order valence-electron chi connectivity index (χ3n) is 4.24. The van der Waals surface area contributed by atoms with Crippen LogP contribution in [-0.4, -0.2) is 16.9 Å². The number of fused-ring (bicyclic) bond motifs is 1. The highest BCUT2D eigenvalue weighted by atomic mass is 16.3. The number of phenols is 1. The number of aryl methyl sites for hydroxylation is 1. The number of benzene rings is 1. The number of hydrogen-bond acceptors (Lipinski definition) is 3. The van der Waals surface area contributed by atoms with Gasteiger partial charge in [-0.1, -0.05) is 25.1 Å². The molecule has 1 aromatic carbocycles. The fraction of sp³-hybridized carbons (Fsp3) is 0.375. The number of aromatic hydroxyl groups is 1. The van der Waals surface area contributed by atoms with Crippen LogP contribution < -0.4 is 4.90 Å². The van der Waals surface area contributed by atoms with Gasteiger partial charge in [0.15, 0.2) is 0 Å². The molecule has 104 valence electrons. The average Bonchev–Trinajstić information content (AvgIpc) is 2.66. The fourth-order valence-corrected chi connectivity index (χ4v) is 3.20. The molecular weight excluding hydrogens is 254 g/mol. The standard InChI is InChI=1S/C16H17NO3/c1-9-6-7-13(18)12(8-9)17-15(19)11-5-3-4-10(2)14(11)16(17)20/h3-4,6-8,10-11,14,18H,5H2,1-2H3/t10-,11-,14-/m0/s1. The third-order valence-corrected chi connectivity index (χ3v) is 4.24. The van der Waals surface area contributed by atoms with Crippen molar-refractivity contribution in [1.29, 1.82) is 0 Å². The smallest absolute Gasteiger partial charge is 0.238 e. The Balaban J connectivity index is 2.06. The molecule has 1 fully saturated rings. The number of allylic oxidation sites excluding steroid dienone is 2. The van der Waals surface area contributed by atoms with Crippen LogP contribution in [0.2, 0.25) is 0 Å². The first-order chi connectivity index (χ1) is 9.50. The van der Waals surface area contributed by atoms with E-state index < -0.39 is 0 Å². The summed E-state index contributed by atoms with van der Waals surface area (Å²) in [5.41, 5.74) is 1.21. The van der Waals surface area contributed by atoms with E-state index in [2.05, 4.69) is 0 Å². The quantitative estimate of drug-likeness (QED) is 0.630. The van der Waals surface area contributed by atoms with Gasteiger partial charge in [0.05, 0.1) is 17.5 Å². The van der Waals surface area contributed by atoms with Gasteiger partial charge < -0.3 is 5.11 Å². The van der Waals surface area contributed by atoms with Crippen LogP contribution in [0.1, 0.15) is 18.9 Å². The molecule has 1 aliphatic heterocycles. The molecule has 0 radical (unpaired) electrons. The molecule has 1 aliphatic carbocycles. The van der Waals surface area contributed by atoms with E-state index in [-0.39, 0.29) is 35.3 Å². The number of anilines is 1. The van der Waals surface area contributed by atoms with Gasteiger partial charge in [-0.15, -0.1) is 0 Å². The number of phenolic OH excluding ortho intramolecular Hbond substituents is 1. The molecule has 4 heteroatoms. The predicted octanol–water partition coefficient (Wildman–Crippen LogP) is 2.40. The zero-order valence-corrected chi connectivity index (χ0v) is 11.5. The first-order valence-electron chi connectivity index (χ1n) is 6.85. The Morgan fingerprint density at radius 2 is 2.00 bits per heavy atom.